The van der Waals surface area contributed by atoms with E-state index in [2.05, 4.69) is 0 Å². The number of ether oxygens (including phenoxy) is 2. The molecule has 0 amide bonds. The van der Waals surface area contributed by atoms with Crippen molar-refractivity contribution >= 4 is 11.9 Å². The largest absolute Gasteiger partial charge is 0.457 e. The van der Waals surface area contributed by atoms with Gasteiger partial charge in [0.05, 0.1) is 5.41 Å². The van der Waals surface area contributed by atoms with Gasteiger partial charge in [0.2, 0.25) is 0 Å². The first kappa shape index (κ1) is 17.7. The predicted molar refractivity (Wildman–Crippen MR) is 88.1 cm³/mol. The highest BCUT2D eigenvalue weighted by molar-refractivity contribution is 5.80. The number of hydrogen-bond acceptors (Lipinski definition) is 5. The molecule has 5 nitrogen and oxygen atoms in total. The molecule has 2 unspecified atom stereocenters. The van der Waals surface area contributed by atoms with E-state index in [1.807, 2.05) is 20.8 Å². The smallest absolute Gasteiger partial charge is 0.344 e. The first-order chi connectivity index (χ1) is 11.2. The van der Waals surface area contributed by atoms with Crippen molar-refractivity contribution in [2.45, 2.75) is 71.3 Å². The van der Waals surface area contributed by atoms with Crippen LogP contribution in [0.25, 0.3) is 0 Å². The monoisotopic (exact) mass is 338 g/mol. The van der Waals surface area contributed by atoms with Gasteiger partial charge in [0.25, 0.3) is 0 Å². The third-order valence-electron chi connectivity index (χ3n) is 6.55. The second-order valence-corrected chi connectivity index (χ2v) is 9.09. The standard InChI is InChI=1S/C19H30O5/c1-4-17(2,3)16(22)23-10-15(21)24-19-8-13-5-14(9-19)7-18(6-13,11-19)12-20/h13-14,20H,4-12H2,1-3H3. The minimum absolute atomic E-state index is 0.0642. The number of carbonyl (C=O) groups is 2. The number of rotatable bonds is 6. The summed E-state index contributed by atoms with van der Waals surface area (Å²) in [5.74, 6) is 0.283. The predicted octanol–water partition coefficient (Wildman–Crippen LogP) is 2.84. The van der Waals surface area contributed by atoms with E-state index in [1.165, 1.54) is 6.42 Å². The molecule has 0 aromatic carbocycles. The Bertz CT molecular complexity index is 510. The number of aliphatic hydroxyl groups is 1. The highest BCUT2D eigenvalue weighted by Gasteiger charge is 2.59. The molecule has 0 spiro atoms. The number of esters is 2. The summed E-state index contributed by atoms with van der Waals surface area (Å²) in [5.41, 5.74) is -1.09. The van der Waals surface area contributed by atoms with Gasteiger partial charge in [0.15, 0.2) is 6.61 Å². The molecule has 0 aliphatic heterocycles. The van der Waals surface area contributed by atoms with Crippen molar-refractivity contribution in [3.05, 3.63) is 0 Å². The Hall–Kier alpha value is -1.10. The van der Waals surface area contributed by atoms with E-state index in [4.69, 9.17) is 9.47 Å². The zero-order valence-electron chi connectivity index (χ0n) is 15.1. The van der Waals surface area contributed by atoms with Gasteiger partial charge < -0.3 is 14.6 Å². The Morgan fingerprint density at radius 1 is 1.17 bits per heavy atom. The Morgan fingerprint density at radius 2 is 1.79 bits per heavy atom. The zero-order chi connectivity index (χ0) is 17.6. The van der Waals surface area contributed by atoms with Gasteiger partial charge >= 0.3 is 11.9 Å². The average molecular weight is 338 g/mol. The van der Waals surface area contributed by atoms with Gasteiger partial charge in [-0.25, -0.2) is 4.79 Å². The minimum atomic E-state index is -0.581. The molecule has 0 heterocycles. The average Bonchev–Trinajstić information content (AvgIpc) is 2.50. The second-order valence-electron chi connectivity index (χ2n) is 9.09. The van der Waals surface area contributed by atoms with Crippen LogP contribution < -0.4 is 0 Å². The van der Waals surface area contributed by atoms with Crippen LogP contribution in [0.3, 0.4) is 0 Å². The summed E-state index contributed by atoms with van der Waals surface area (Å²) in [7, 11) is 0. The molecule has 4 saturated carbocycles. The zero-order valence-corrected chi connectivity index (χ0v) is 15.1. The summed E-state index contributed by atoms with van der Waals surface area (Å²) in [6.45, 7) is 5.41. The van der Waals surface area contributed by atoms with Gasteiger partial charge in [-0.15, -0.1) is 0 Å². The molecule has 2 atom stereocenters. The number of carbonyl (C=O) groups excluding carboxylic acids is 2. The fourth-order valence-electron chi connectivity index (χ4n) is 5.40. The third kappa shape index (κ3) is 3.19. The van der Waals surface area contributed by atoms with E-state index in [0.29, 0.717) is 18.3 Å². The molecule has 136 valence electrons. The lowest BCUT2D eigenvalue weighted by molar-refractivity contribution is -0.211. The van der Waals surface area contributed by atoms with E-state index in [0.717, 1.165) is 32.1 Å². The van der Waals surface area contributed by atoms with E-state index in [9.17, 15) is 14.7 Å². The minimum Gasteiger partial charge on any atom is -0.457 e. The molecule has 4 aliphatic rings. The summed E-state index contributed by atoms with van der Waals surface area (Å²) < 4.78 is 11.0. The Kier molecular flexibility index (Phi) is 4.44. The van der Waals surface area contributed by atoms with Gasteiger partial charge in [0, 0.05) is 6.61 Å². The summed E-state index contributed by atoms with van der Waals surface area (Å²) in [6.07, 6.45) is 6.51. The fraction of sp³-hybridized carbons (Fsp3) is 0.895. The molecule has 0 aromatic heterocycles. The summed E-state index contributed by atoms with van der Waals surface area (Å²) in [5, 5.41) is 9.86. The molecule has 4 rings (SSSR count). The normalized spacial score (nSPS) is 37.3. The van der Waals surface area contributed by atoms with E-state index in [-0.39, 0.29) is 24.6 Å². The van der Waals surface area contributed by atoms with E-state index in [1.54, 1.807) is 0 Å². The Balaban J connectivity index is 1.60. The van der Waals surface area contributed by atoms with Crippen molar-refractivity contribution in [3.8, 4) is 0 Å². The molecular weight excluding hydrogens is 308 g/mol. The first-order valence-electron chi connectivity index (χ1n) is 9.21. The molecule has 0 radical (unpaired) electrons. The lowest BCUT2D eigenvalue weighted by atomic mass is 9.48. The van der Waals surface area contributed by atoms with E-state index >= 15 is 0 Å². The topological polar surface area (TPSA) is 72.8 Å². The second kappa shape index (κ2) is 6.01. The van der Waals surface area contributed by atoms with Gasteiger partial charge in [-0.05, 0) is 76.0 Å². The van der Waals surface area contributed by atoms with Crippen LogP contribution in [0, 0.1) is 22.7 Å². The third-order valence-corrected chi connectivity index (χ3v) is 6.55. The molecule has 0 saturated heterocycles. The molecule has 4 bridgehead atoms. The maximum atomic E-state index is 12.3. The van der Waals surface area contributed by atoms with Crippen molar-refractivity contribution in [1.82, 2.24) is 0 Å². The molecule has 0 aromatic rings. The van der Waals surface area contributed by atoms with Gasteiger partial charge in [-0.2, -0.15) is 0 Å². The highest BCUT2D eigenvalue weighted by Crippen LogP contribution is 2.62. The van der Waals surface area contributed by atoms with Gasteiger partial charge in [0.1, 0.15) is 5.60 Å². The summed E-state index contributed by atoms with van der Waals surface area (Å²) >= 11 is 0. The van der Waals surface area contributed by atoms with Crippen molar-refractivity contribution in [2.75, 3.05) is 13.2 Å². The molecule has 1 N–H and O–H groups in total. The van der Waals surface area contributed by atoms with Crippen LogP contribution in [0.4, 0.5) is 0 Å². The molecule has 5 heteroatoms. The van der Waals surface area contributed by atoms with Crippen LogP contribution in [0.15, 0.2) is 0 Å². The van der Waals surface area contributed by atoms with Crippen LogP contribution in [0.5, 0.6) is 0 Å². The Morgan fingerprint density at radius 3 is 2.33 bits per heavy atom. The van der Waals surface area contributed by atoms with Crippen molar-refractivity contribution in [3.63, 3.8) is 0 Å². The van der Waals surface area contributed by atoms with Crippen LogP contribution in [0.2, 0.25) is 0 Å². The quantitative estimate of drug-likeness (QED) is 0.754. The molecule has 4 fully saturated rings. The van der Waals surface area contributed by atoms with Crippen LogP contribution in [0.1, 0.15) is 65.7 Å². The van der Waals surface area contributed by atoms with Crippen molar-refractivity contribution < 1.29 is 24.2 Å². The summed E-state index contributed by atoms with van der Waals surface area (Å²) in [6, 6.07) is 0. The maximum absolute atomic E-state index is 12.3. The maximum Gasteiger partial charge on any atom is 0.344 e. The van der Waals surface area contributed by atoms with Gasteiger partial charge in [-0.1, -0.05) is 6.92 Å². The first-order valence-corrected chi connectivity index (χ1v) is 9.21. The van der Waals surface area contributed by atoms with Crippen molar-refractivity contribution in [2.24, 2.45) is 22.7 Å². The SMILES string of the molecule is CCC(C)(C)C(=O)OCC(=O)OC12CC3CC(CC(CO)(C3)C1)C2. The molecule has 24 heavy (non-hydrogen) atoms. The summed E-state index contributed by atoms with van der Waals surface area (Å²) in [4.78, 5) is 24.3. The van der Waals surface area contributed by atoms with Crippen LogP contribution in [-0.2, 0) is 19.1 Å². The van der Waals surface area contributed by atoms with E-state index < -0.39 is 17.0 Å². The van der Waals surface area contributed by atoms with Gasteiger partial charge in [-0.3, -0.25) is 4.79 Å². The number of hydrogen-bond donors (Lipinski definition) is 1. The lowest BCUT2D eigenvalue weighted by Gasteiger charge is -2.60. The molecule has 4 aliphatic carbocycles. The van der Waals surface area contributed by atoms with Crippen LogP contribution in [-0.4, -0.2) is 35.9 Å². The van der Waals surface area contributed by atoms with Crippen LogP contribution >= 0.6 is 0 Å². The number of aliphatic hydroxyl groups excluding tert-OH is 1. The molecular formula is C19H30O5. The Labute approximate surface area is 144 Å². The fourth-order valence-corrected chi connectivity index (χ4v) is 5.40. The lowest BCUT2D eigenvalue weighted by Crippen LogP contribution is -2.58. The van der Waals surface area contributed by atoms with Crippen molar-refractivity contribution in [1.29, 1.82) is 0 Å². The highest BCUT2D eigenvalue weighted by atomic mass is 16.6.